The molecule has 0 aromatic heterocycles. The predicted molar refractivity (Wildman–Crippen MR) is 97.6 cm³/mol. The summed E-state index contributed by atoms with van der Waals surface area (Å²) in [5, 5.41) is 3.11. The van der Waals surface area contributed by atoms with Gasteiger partial charge in [0.2, 0.25) is 0 Å². The highest BCUT2D eigenvalue weighted by Gasteiger charge is 2.46. The molecule has 24 heavy (non-hydrogen) atoms. The summed E-state index contributed by atoms with van der Waals surface area (Å²) in [4.78, 5) is 14.7. The maximum absolute atomic E-state index is 12.4. The third kappa shape index (κ3) is 3.54. The third-order valence-corrected chi connectivity index (χ3v) is 5.06. The zero-order valence-electron chi connectivity index (χ0n) is 14.7. The molecule has 0 radical (unpaired) electrons. The van der Waals surface area contributed by atoms with Gasteiger partial charge in [0.1, 0.15) is 5.60 Å². The number of fused-ring (bicyclic) bond motifs is 3. The van der Waals surface area contributed by atoms with Gasteiger partial charge in [0.25, 0.3) is 0 Å². The van der Waals surface area contributed by atoms with Crippen molar-refractivity contribution in [2.75, 3.05) is 24.7 Å². The summed E-state index contributed by atoms with van der Waals surface area (Å²) < 4.78 is 12.3. The number of halogens is 1. The summed E-state index contributed by atoms with van der Waals surface area (Å²) in [5.41, 5.74) is 1.50. The van der Waals surface area contributed by atoms with E-state index in [2.05, 4.69) is 45.2 Å². The Morgan fingerprint density at radius 3 is 2.92 bits per heavy atom. The molecule has 6 heteroatoms. The van der Waals surface area contributed by atoms with E-state index in [1.165, 1.54) is 11.3 Å². The van der Waals surface area contributed by atoms with Gasteiger partial charge >= 0.3 is 6.09 Å². The molecule has 132 valence electrons. The number of nitrogens with zero attached hydrogens (tertiary/aromatic N) is 1. The standard InChI is InChI=1S/C18H25BrN2O3/c1-17(2,3)24-16(22)20-18(4)10-12-5-6-13(19)9-14(12)21-7-8-23-11-15(18)21/h5-6,9,15H,7-8,10-11H2,1-4H3,(H,20,22). The Morgan fingerprint density at radius 2 is 2.21 bits per heavy atom. The van der Waals surface area contributed by atoms with Crippen molar-refractivity contribution in [3.63, 3.8) is 0 Å². The number of carbonyl (C=O) groups is 1. The van der Waals surface area contributed by atoms with Gasteiger partial charge in [-0.15, -0.1) is 0 Å². The molecule has 1 fully saturated rings. The van der Waals surface area contributed by atoms with E-state index in [1.54, 1.807) is 0 Å². The van der Waals surface area contributed by atoms with Gasteiger partial charge in [-0.25, -0.2) is 4.79 Å². The van der Waals surface area contributed by atoms with Gasteiger partial charge in [-0.3, -0.25) is 0 Å². The van der Waals surface area contributed by atoms with Crippen molar-refractivity contribution in [1.29, 1.82) is 0 Å². The van der Waals surface area contributed by atoms with Crippen molar-refractivity contribution in [3.05, 3.63) is 28.2 Å². The topological polar surface area (TPSA) is 50.8 Å². The lowest BCUT2D eigenvalue weighted by molar-refractivity contribution is 0.0304. The van der Waals surface area contributed by atoms with Gasteiger partial charge in [-0.05, 0) is 51.8 Å². The third-order valence-electron chi connectivity index (χ3n) is 4.56. The van der Waals surface area contributed by atoms with Crippen LogP contribution < -0.4 is 10.2 Å². The molecule has 2 atom stereocenters. The molecule has 1 aromatic rings. The Kier molecular flexibility index (Phi) is 4.55. The Bertz CT molecular complexity index is 644. The second kappa shape index (κ2) is 6.23. The van der Waals surface area contributed by atoms with E-state index < -0.39 is 11.1 Å². The Hall–Kier alpha value is -1.27. The minimum atomic E-state index is -0.513. The number of rotatable bonds is 1. The lowest BCUT2D eigenvalue weighted by Crippen LogP contribution is -2.68. The number of nitrogens with one attached hydrogen (secondary N) is 1. The maximum atomic E-state index is 12.4. The molecule has 3 rings (SSSR count). The van der Waals surface area contributed by atoms with E-state index in [1.807, 2.05) is 26.8 Å². The molecule has 0 bridgehead atoms. The van der Waals surface area contributed by atoms with Crippen molar-refractivity contribution in [2.24, 2.45) is 0 Å². The lowest BCUT2D eigenvalue weighted by atomic mass is 9.79. The number of morpholine rings is 1. The fraction of sp³-hybridized carbons (Fsp3) is 0.611. The number of carbonyl (C=O) groups excluding carboxylic acids is 1. The van der Waals surface area contributed by atoms with Crippen LogP contribution in [-0.2, 0) is 15.9 Å². The zero-order chi connectivity index (χ0) is 17.5. The van der Waals surface area contributed by atoms with Crippen LogP contribution in [0.4, 0.5) is 10.5 Å². The normalized spacial score (nSPS) is 26.4. The minimum Gasteiger partial charge on any atom is -0.444 e. The van der Waals surface area contributed by atoms with Crippen LogP contribution in [0.1, 0.15) is 33.3 Å². The SMILES string of the molecule is CC(C)(C)OC(=O)NC1(C)Cc2ccc(Br)cc2N2CCOCC21. The second-order valence-corrected chi connectivity index (χ2v) is 8.69. The highest BCUT2D eigenvalue weighted by atomic mass is 79.9. The van der Waals surface area contributed by atoms with Crippen LogP contribution in [-0.4, -0.2) is 43.0 Å². The largest absolute Gasteiger partial charge is 0.444 e. The fourth-order valence-electron chi connectivity index (χ4n) is 3.55. The average molecular weight is 397 g/mol. The monoisotopic (exact) mass is 396 g/mol. The second-order valence-electron chi connectivity index (χ2n) is 7.78. The number of amides is 1. The molecule has 0 aliphatic carbocycles. The van der Waals surface area contributed by atoms with Crippen molar-refractivity contribution in [1.82, 2.24) is 5.32 Å². The molecule has 2 unspecified atom stereocenters. The van der Waals surface area contributed by atoms with Crippen LogP contribution in [0.15, 0.2) is 22.7 Å². The predicted octanol–water partition coefficient (Wildman–Crippen LogP) is 3.49. The van der Waals surface area contributed by atoms with Crippen LogP contribution in [0.2, 0.25) is 0 Å². The molecule has 1 amide bonds. The van der Waals surface area contributed by atoms with E-state index in [-0.39, 0.29) is 12.1 Å². The molecule has 2 aliphatic rings. The van der Waals surface area contributed by atoms with E-state index in [4.69, 9.17) is 9.47 Å². The van der Waals surface area contributed by atoms with E-state index >= 15 is 0 Å². The Morgan fingerprint density at radius 1 is 1.46 bits per heavy atom. The molecule has 5 nitrogen and oxygen atoms in total. The van der Waals surface area contributed by atoms with Crippen LogP contribution in [0, 0.1) is 0 Å². The first kappa shape index (κ1) is 17.5. The quantitative estimate of drug-likeness (QED) is 0.788. The van der Waals surface area contributed by atoms with Crippen LogP contribution in [0.5, 0.6) is 0 Å². The molecule has 1 aromatic carbocycles. The minimum absolute atomic E-state index is 0.0839. The van der Waals surface area contributed by atoms with Gasteiger partial charge in [-0.2, -0.15) is 0 Å². The first-order valence-corrected chi connectivity index (χ1v) is 9.11. The van der Waals surface area contributed by atoms with Crippen LogP contribution >= 0.6 is 15.9 Å². The number of hydrogen-bond acceptors (Lipinski definition) is 4. The number of hydrogen-bond donors (Lipinski definition) is 1. The van der Waals surface area contributed by atoms with Gasteiger partial charge in [0.05, 0.1) is 24.8 Å². The first-order valence-electron chi connectivity index (χ1n) is 8.32. The number of anilines is 1. The van der Waals surface area contributed by atoms with Gasteiger partial charge in [-0.1, -0.05) is 22.0 Å². The lowest BCUT2D eigenvalue weighted by Gasteiger charge is -2.51. The molecule has 2 aliphatic heterocycles. The molecule has 0 spiro atoms. The molecule has 0 saturated carbocycles. The summed E-state index contributed by atoms with van der Waals surface area (Å²) in [7, 11) is 0. The van der Waals surface area contributed by atoms with E-state index in [9.17, 15) is 4.79 Å². The summed E-state index contributed by atoms with van der Waals surface area (Å²) >= 11 is 3.56. The Balaban J connectivity index is 1.90. The summed E-state index contributed by atoms with van der Waals surface area (Å²) in [6.45, 7) is 9.81. The van der Waals surface area contributed by atoms with E-state index in [0.29, 0.717) is 13.2 Å². The summed E-state index contributed by atoms with van der Waals surface area (Å²) in [5.74, 6) is 0. The van der Waals surface area contributed by atoms with Crippen LogP contribution in [0.3, 0.4) is 0 Å². The van der Waals surface area contributed by atoms with Crippen LogP contribution in [0.25, 0.3) is 0 Å². The molecular weight excluding hydrogens is 372 g/mol. The molecule has 2 heterocycles. The van der Waals surface area contributed by atoms with E-state index in [0.717, 1.165) is 17.4 Å². The molecule has 1 N–H and O–H groups in total. The highest BCUT2D eigenvalue weighted by molar-refractivity contribution is 9.10. The summed E-state index contributed by atoms with van der Waals surface area (Å²) in [6.07, 6.45) is 0.371. The number of benzene rings is 1. The van der Waals surface area contributed by atoms with Crippen molar-refractivity contribution in [2.45, 2.75) is 51.3 Å². The maximum Gasteiger partial charge on any atom is 0.408 e. The van der Waals surface area contributed by atoms with Gasteiger partial charge in [0.15, 0.2) is 0 Å². The van der Waals surface area contributed by atoms with Crippen molar-refractivity contribution in [3.8, 4) is 0 Å². The fourth-order valence-corrected chi connectivity index (χ4v) is 3.90. The van der Waals surface area contributed by atoms with Gasteiger partial charge < -0.3 is 19.7 Å². The Labute approximate surface area is 151 Å². The average Bonchev–Trinajstić information content (AvgIpc) is 2.46. The smallest absolute Gasteiger partial charge is 0.408 e. The number of ether oxygens (including phenoxy) is 2. The first-order chi connectivity index (χ1) is 11.2. The van der Waals surface area contributed by atoms with Crippen molar-refractivity contribution >= 4 is 27.7 Å². The number of alkyl carbamates (subject to hydrolysis) is 1. The zero-order valence-corrected chi connectivity index (χ0v) is 16.3. The van der Waals surface area contributed by atoms with Gasteiger partial charge in [0, 0.05) is 16.7 Å². The molecular formula is C18H25BrN2O3. The highest BCUT2D eigenvalue weighted by Crippen LogP contribution is 2.39. The molecule has 1 saturated heterocycles. The summed E-state index contributed by atoms with van der Waals surface area (Å²) in [6, 6.07) is 6.41. The van der Waals surface area contributed by atoms with Crippen molar-refractivity contribution < 1.29 is 14.3 Å².